The average Bonchev–Trinajstić information content (AvgIpc) is 2.89. The van der Waals surface area contributed by atoms with Gasteiger partial charge in [-0.15, -0.1) is 11.3 Å². The van der Waals surface area contributed by atoms with Crippen molar-refractivity contribution < 1.29 is 0 Å². The van der Waals surface area contributed by atoms with Crippen LogP contribution in [0.3, 0.4) is 0 Å². The molecule has 0 aliphatic carbocycles. The molecule has 1 heterocycles. The van der Waals surface area contributed by atoms with E-state index in [1.807, 2.05) is 0 Å². The molecular weight excluding hydrogens is 254 g/mol. The SMILES string of the molecule is CCc1nc(CNC(C)CCCN(CC)CC)cs1. The van der Waals surface area contributed by atoms with Crippen LogP contribution in [0.1, 0.15) is 51.2 Å². The summed E-state index contributed by atoms with van der Waals surface area (Å²) in [6.45, 7) is 13.4. The van der Waals surface area contributed by atoms with Crippen LogP contribution in [0.4, 0.5) is 0 Å². The third-order valence-corrected chi connectivity index (χ3v) is 4.58. The maximum atomic E-state index is 4.58. The van der Waals surface area contributed by atoms with Crippen molar-refractivity contribution in [2.75, 3.05) is 19.6 Å². The summed E-state index contributed by atoms with van der Waals surface area (Å²) >= 11 is 1.77. The molecule has 1 aromatic rings. The predicted molar refractivity (Wildman–Crippen MR) is 84.8 cm³/mol. The number of hydrogen-bond acceptors (Lipinski definition) is 4. The highest BCUT2D eigenvalue weighted by Gasteiger charge is 2.05. The molecule has 1 atom stereocenters. The van der Waals surface area contributed by atoms with Gasteiger partial charge in [0.1, 0.15) is 0 Å². The number of aryl methyl sites for hydroxylation is 1. The summed E-state index contributed by atoms with van der Waals surface area (Å²) in [5.41, 5.74) is 1.19. The Labute approximate surface area is 122 Å². The van der Waals surface area contributed by atoms with Gasteiger partial charge in [-0.25, -0.2) is 4.98 Å². The zero-order chi connectivity index (χ0) is 14.1. The largest absolute Gasteiger partial charge is 0.309 e. The molecule has 1 rings (SSSR count). The average molecular weight is 283 g/mol. The molecule has 0 aromatic carbocycles. The van der Waals surface area contributed by atoms with E-state index in [4.69, 9.17) is 0 Å². The summed E-state index contributed by atoms with van der Waals surface area (Å²) in [6, 6.07) is 0.572. The van der Waals surface area contributed by atoms with Crippen molar-refractivity contribution in [1.82, 2.24) is 15.2 Å². The first kappa shape index (κ1) is 16.6. The monoisotopic (exact) mass is 283 g/mol. The lowest BCUT2D eigenvalue weighted by Crippen LogP contribution is -2.28. The summed E-state index contributed by atoms with van der Waals surface area (Å²) in [7, 11) is 0. The molecule has 0 saturated carbocycles. The fourth-order valence-corrected chi connectivity index (χ4v) is 2.88. The Balaban J connectivity index is 2.15. The van der Waals surface area contributed by atoms with Gasteiger partial charge in [-0.3, -0.25) is 0 Å². The van der Waals surface area contributed by atoms with E-state index in [0.29, 0.717) is 6.04 Å². The second-order valence-corrected chi connectivity index (χ2v) is 5.98. The van der Waals surface area contributed by atoms with E-state index in [0.717, 1.165) is 26.1 Å². The van der Waals surface area contributed by atoms with Crippen LogP contribution in [0.2, 0.25) is 0 Å². The Bertz CT molecular complexity index is 334. The Morgan fingerprint density at radius 2 is 2.05 bits per heavy atom. The van der Waals surface area contributed by atoms with Crippen LogP contribution < -0.4 is 5.32 Å². The molecule has 110 valence electrons. The highest BCUT2D eigenvalue weighted by Crippen LogP contribution is 2.10. The molecule has 19 heavy (non-hydrogen) atoms. The molecule has 0 fully saturated rings. The van der Waals surface area contributed by atoms with Gasteiger partial charge in [0.05, 0.1) is 10.7 Å². The number of thiazole rings is 1. The molecule has 0 aliphatic heterocycles. The van der Waals surface area contributed by atoms with E-state index in [1.165, 1.54) is 30.1 Å². The summed E-state index contributed by atoms with van der Waals surface area (Å²) in [5.74, 6) is 0. The lowest BCUT2D eigenvalue weighted by molar-refractivity contribution is 0.290. The van der Waals surface area contributed by atoms with Crippen molar-refractivity contribution >= 4 is 11.3 Å². The Morgan fingerprint density at radius 1 is 1.32 bits per heavy atom. The van der Waals surface area contributed by atoms with Gasteiger partial charge >= 0.3 is 0 Å². The van der Waals surface area contributed by atoms with Gasteiger partial charge < -0.3 is 10.2 Å². The van der Waals surface area contributed by atoms with Crippen molar-refractivity contribution in [3.63, 3.8) is 0 Å². The predicted octanol–water partition coefficient (Wildman–Crippen LogP) is 3.31. The van der Waals surface area contributed by atoms with Crippen molar-refractivity contribution in [3.05, 3.63) is 16.1 Å². The number of nitrogens with zero attached hydrogens (tertiary/aromatic N) is 2. The standard InChI is InChI=1S/C15H29N3S/c1-5-15-17-14(12-19-15)11-16-13(4)9-8-10-18(6-2)7-3/h12-13,16H,5-11H2,1-4H3. The fourth-order valence-electron chi connectivity index (χ4n) is 2.13. The van der Waals surface area contributed by atoms with Gasteiger partial charge in [-0.05, 0) is 45.8 Å². The quantitative estimate of drug-likeness (QED) is 0.714. The molecule has 1 N–H and O–H groups in total. The first-order valence-corrected chi connectivity index (χ1v) is 8.46. The number of rotatable bonds is 10. The van der Waals surface area contributed by atoms with Gasteiger partial charge in [-0.1, -0.05) is 20.8 Å². The third kappa shape index (κ3) is 6.50. The zero-order valence-electron chi connectivity index (χ0n) is 12.9. The maximum absolute atomic E-state index is 4.58. The van der Waals surface area contributed by atoms with Crippen LogP contribution in [-0.2, 0) is 13.0 Å². The van der Waals surface area contributed by atoms with Crippen molar-refractivity contribution in [2.45, 2.75) is 59.5 Å². The first-order valence-electron chi connectivity index (χ1n) is 7.58. The lowest BCUT2D eigenvalue weighted by atomic mass is 10.1. The zero-order valence-corrected chi connectivity index (χ0v) is 13.7. The van der Waals surface area contributed by atoms with E-state index >= 15 is 0 Å². The Morgan fingerprint density at radius 3 is 2.63 bits per heavy atom. The second-order valence-electron chi connectivity index (χ2n) is 5.04. The number of aromatic nitrogens is 1. The van der Waals surface area contributed by atoms with Crippen LogP contribution in [-0.4, -0.2) is 35.6 Å². The van der Waals surface area contributed by atoms with Crippen molar-refractivity contribution in [3.8, 4) is 0 Å². The summed E-state index contributed by atoms with van der Waals surface area (Å²) in [4.78, 5) is 7.07. The fraction of sp³-hybridized carbons (Fsp3) is 0.800. The number of nitrogens with one attached hydrogen (secondary N) is 1. The molecule has 3 nitrogen and oxygen atoms in total. The molecule has 0 amide bonds. The Hall–Kier alpha value is -0.450. The van der Waals surface area contributed by atoms with Gasteiger partial charge in [0, 0.05) is 18.0 Å². The summed E-state index contributed by atoms with van der Waals surface area (Å²) in [5, 5.41) is 6.99. The van der Waals surface area contributed by atoms with Crippen molar-refractivity contribution in [2.24, 2.45) is 0 Å². The molecule has 0 saturated heterocycles. The third-order valence-electron chi connectivity index (χ3n) is 3.54. The molecule has 4 heteroatoms. The van der Waals surface area contributed by atoms with Gasteiger partial charge in [0.15, 0.2) is 0 Å². The van der Waals surface area contributed by atoms with Gasteiger partial charge in [0.2, 0.25) is 0 Å². The smallest absolute Gasteiger partial charge is 0.0926 e. The lowest BCUT2D eigenvalue weighted by Gasteiger charge is -2.19. The summed E-state index contributed by atoms with van der Waals surface area (Å²) < 4.78 is 0. The molecule has 0 spiro atoms. The molecule has 1 aromatic heterocycles. The topological polar surface area (TPSA) is 28.2 Å². The first-order chi connectivity index (χ1) is 9.19. The van der Waals surface area contributed by atoms with Crippen LogP contribution in [0.25, 0.3) is 0 Å². The minimum atomic E-state index is 0.572. The van der Waals surface area contributed by atoms with E-state index in [-0.39, 0.29) is 0 Å². The molecule has 0 radical (unpaired) electrons. The molecule has 0 aliphatic rings. The van der Waals surface area contributed by atoms with Gasteiger partial charge in [-0.2, -0.15) is 0 Å². The molecule has 0 bridgehead atoms. The van der Waals surface area contributed by atoms with Crippen LogP contribution >= 0.6 is 11.3 Å². The maximum Gasteiger partial charge on any atom is 0.0926 e. The van der Waals surface area contributed by atoms with E-state index < -0.39 is 0 Å². The number of hydrogen-bond donors (Lipinski definition) is 1. The second kappa shape index (κ2) is 9.45. The summed E-state index contributed by atoms with van der Waals surface area (Å²) in [6.07, 6.45) is 3.55. The Kier molecular flexibility index (Phi) is 8.26. The van der Waals surface area contributed by atoms with Crippen LogP contribution in [0.15, 0.2) is 5.38 Å². The highest BCUT2D eigenvalue weighted by atomic mass is 32.1. The van der Waals surface area contributed by atoms with Crippen LogP contribution in [0, 0.1) is 0 Å². The normalized spacial score (nSPS) is 13.1. The van der Waals surface area contributed by atoms with E-state index in [9.17, 15) is 0 Å². The van der Waals surface area contributed by atoms with Crippen LogP contribution in [0.5, 0.6) is 0 Å². The molecular formula is C15H29N3S. The van der Waals surface area contributed by atoms with E-state index in [1.54, 1.807) is 11.3 Å². The minimum absolute atomic E-state index is 0.572. The highest BCUT2D eigenvalue weighted by molar-refractivity contribution is 7.09. The van der Waals surface area contributed by atoms with Gasteiger partial charge in [0.25, 0.3) is 0 Å². The van der Waals surface area contributed by atoms with E-state index in [2.05, 4.69) is 48.3 Å². The minimum Gasteiger partial charge on any atom is -0.309 e. The van der Waals surface area contributed by atoms with Crippen molar-refractivity contribution in [1.29, 1.82) is 0 Å². The molecule has 1 unspecified atom stereocenters.